The molecule has 0 bridgehead atoms. The summed E-state index contributed by atoms with van der Waals surface area (Å²) in [7, 11) is 2.17. The maximum atomic E-state index is 6.01. The lowest BCUT2D eigenvalue weighted by Crippen LogP contribution is -2.52. The third kappa shape index (κ3) is 3.58. The summed E-state index contributed by atoms with van der Waals surface area (Å²) < 4.78 is 0. The standard InChI is InChI=1S/C16H28N4/c1-12-9-14(3)15(10-13(12)2)16(11-17)18-20-7-5-19(4)6-8-20/h9-10,16,18H,5-8,11,17H2,1-4H3. The van der Waals surface area contributed by atoms with E-state index in [1.165, 1.54) is 22.3 Å². The van der Waals surface area contributed by atoms with Crippen LogP contribution in [0.25, 0.3) is 0 Å². The van der Waals surface area contributed by atoms with Crippen LogP contribution in [-0.2, 0) is 0 Å². The van der Waals surface area contributed by atoms with Crippen molar-refractivity contribution >= 4 is 0 Å². The molecule has 1 aliphatic rings. The van der Waals surface area contributed by atoms with E-state index in [4.69, 9.17) is 5.73 Å². The number of benzene rings is 1. The SMILES string of the molecule is Cc1cc(C)c(C(CN)NN2CCN(C)CC2)cc1C. The second-order valence-electron chi connectivity index (χ2n) is 6.00. The Bertz CT molecular complexity index is 450. The first-order chi connectivity index (χ1) is 9.51. The number of hydrazine groups is 1. The van der Waals surface area contributed by atoms with Crippen LogP contribution in [0.5, 0.6) is 0 Å². The van der Waals surface area contributed by atoms with E-state index in [1.807, 2.05) is 0 Å². The Balaban J connectivity index is 2.10. The maximum absolute atomic E-state index is 6.01. The largest absolute Gasteiger partial charge is 0.329 e. The fourth-order valence-electron chi connectivity index (χ4n) is 2.76. The molecule has 0 aromatic heterocycles. The van der Waals surface area contributed by atoms with Crippen LogP contribution >= 0.6 is 0 Å². The molecule has 0 amide bonds. The van der Waals surface area contributed by atoms with Gasteiger partial charge in [-0.05, 0) is 50.1 Å². The second-order valence-corrected chi connectivity index (χ2v) is 6.00. The Morgan fingerprint density at radius 3 is 2.25 bits per heavy atom. The first-order valence-corrected chi connectivity index (χ1v) is 7.48. The summed E-state index contributed by atoms with van der Waals surface area (Å²) in [4.78, 5) is 2.36. The summed E-state index contributed by atoms with van der Waals surface area (Å²) in [5.41, 5.74) is 15.0. The van der Waals surface area contributed by atoms with Crippen molar-refractivity contribution in [3.8, 4) is 0 Å². The fourth-order valence-corrected chi connectivity index (χ4v) is 2.76. The molecule has 1 aromatic rings. The number of aryl methyl sites for hydroxylation is 3. The number of nitrogens with zero attached hydrogens (tertiary/aromatic N) is 2. The van der Waals surface area contributed by atoms with Gasteiger partial charge in [0.25, 0.3) is 0 Å². The molecule has 4 heteroatoms. The molecule has 0 aliphatic carbocycles. The lowest BCUT2D eigenvalue weighted by molar-refractivity contribution is 0.0879. The van der Waals surface area contributed by atoms with Gasteiger partial charge in [0.2, 0.25) is 0 Å². The van der Waals surface area contributed by atoms with Crippen molar-refractivity contribution in [1.29, 1.82) is 0 Å². The lowest BCUT2D eigenvalue weighted by atomic mass is 9.96. The molecule has 1 aromatic carbocycles. The van der Waals surface area contributed by atoms with Crippen molar-refractivity contribution in [3.63, 3.8) is 0 Å². The van der Waals surface area contributed by atoms with E-state index in [9.17, 15) is 0 Å². The zero-order chi connectivity index (χ0) is 14.7. The molecule has 20 heavy (non-hydrogen) atoms. The minimum atomic E-state index is 0.206. The number of nitrogens with two attached hydrogens (primary N) is 1. The van der Waals surface area contributed by atoms with Gasteiger partial charge in [-0.15, -0.1) is 0 Å². The van der Waals surface area contributed by atoms with E-state index < -0.39 is 0 Å². The third-order valence-corrected chi connectivity index (χ3v) is 4.34. The molecule has 1 fully saturated rings. The fraction of sp³-hybridized carbons (Fsp3) is 0.625. The number of hydrogen-bond acceptors (Lipinski definition) is 4. The monoisotopic (exact) mass is 276 g/mol. The van der Waals surface area contributed by atoms with Crippen LogP contribution in [-0.4, -0.2) is 49.7 Å². The molecular weight excluding hydrogens is 248 g/mol. The molecule has 3 N–H and O–H groups in total. The number of nitrogens with one attached hydrogen (secondary N) is 1. The minimum absolute atomic E-state index is 0.206. The van der Waals surface area contributed by atoms with Gasteiger partial charge in [-0.25, -0.2) is 10.4 Å². The topological polar surface area (TPSA) is 44.5 Å². The first kappa shape index (κ1) is 15.4. The van der Waals surface area contributed by atoms with Crippen molar-refractivity contribution in [2.45, 2.75) is 26.8 Å². The van der Waals surface area contributed by atoms with Crippen LogP contribution in [0, 0.1) is 20.8 Å². The zero-order valence-corrected chi connectivity index (χ0v) is 13.2. The predicted molar refractivity (Wildman–Crippen MR) is 84.7 cm³/mol. The van der Waals surface area contributed by atoms with Gasteiger partial charge in [0.05, 0.1) is 6.04 Å². The number of hydrogen-bond donors (Lipinski definition) is 2. The van der Waals surface area contributed by atoms with E-state index in [2.05, 4.69) is 55.3 Å². The average Bonchev–Trinajstić information content (AvgIpc) is 2.43. The molecule has 1 unspecified atom stereocenters. The quantitative estimate of drug-likeness (QED) is 0.872. The summed E-state index contributed by atoms with van der Waals surface area (Å²) in [5, 5.41) is 2.31. The molecule has 4 nitrogen and oxygen atoms in total. The van der Waals surface area contributed by atoms with Gasteiger partial charge >= 0.3 is 0 Å². The summed E-state index contributed by atoms with van der Waals surface area (Å²) in [6, 6.07) is 4.75. The van der Waals surface area contributed by atoms with Gasteiger partial charge < -0.3 is 10.6 Å². The predicted octanol–water partition coefficient (Wildman–Crippen LogP) is 1.36. The number of piperazine rings is 1. The van der Waals surface area contributed by atoms with Crippen molar-refractivity contribution < 1.29 is 0 Å². The molecule has 2 rings (SSSR count). The van der Waals surface area contributed by atoms with Gasteiger partial charge in [-0.1, -0.05) is 12.1 Å². The van der Waals surface area contributed by atoms with Crippen LogP contribution in [0.4, 0.5) is 0 Å². The number of likely N-dealkylation sites (N-methyl/N-ethyl adjacent to an activating group) is 1. The van der Waals surface area contributed by atoms with Gasteiger partial charge in [-0.3, -0.25) is 0 Å². The third-order valence-electron chi connectivity index (χ3n) is 4.34. The molecule has 0 spiro atoms. The van der Waals surface area contributed by atoms with E-state index in [1.54, 1.807) is 0 Å². The second kappa shape index (κ2) is 6.68. The van der Waals surface area contributed by atoms with Gasteiger partial charge in [0.15, 0.2) is 0 Å². The highest BCUT2D eigenvalue weighted by Gasteiger charge is 2.19. The van der Waals surface area contributed by atoms with Gasteiger partial charge in [-0.2, -0.15) is 0 Å². The van der Waals surface area contributed by atoms with Crippen LogP contribution in [0.3, 0.4) is 0 Å². The average molecular weight is 276 g/mol. The zero-order valence-electron chi connectivity index (χ0n) is 13.2. The Morgan fingerprint density at radius 2 is 1.65 bits per heavy atom. The van der Waals surface area contributed by atoms with E-state index in [-0.39, 0.29) is 6.04 Å². The summed E-state index contributed by atoms with van der Waals surface area (Å²) in [6.45, 7) is 11.4. The molecule has 1 heterocycles. The van der Waals surface area contributed by atoms with Crippen molar-refractivity contribution in [2.75, 3.05) is 39.8 Å². The summed E-state index contributed by atoms with van der Waals surface area (Å²) in [5.74, 6) is 0. The Kier molecular flexibility index (Phi) is 5.16. The smallest absolute Gasteiger partial charge is 0.0589 e. The molecule has 1 saturated heterocycles. The Morgan fingerprint density at radius 1 is 1.05 bits per heavy atom. The van der Waals surface area contributed by atoms with Crippen LogP contribution < -0.4 is 11.2 Å². The van der Waals surface area contributed by atoms with Crippen LogP contribution in [0.15, 0.2) is 12.1 Å². The Hall–Kier alpha value is -0.940. The number of rotatable bonds is 4. The van der Waals surface area contributed by atoms with Gasteiger partial charge in [0, 0.05) is 32.7 Å². The van der Waals surface area contributed by atoms with Crippen molar-refractivity contribution in [2.24, 2.45) is 5.73 Å². The molecule has 1 atom stereocenters. The lowest BCUT2D eigenvalue weighted by Gasteiger charge is -2.35. The highest BCUT2D eigenvalue weighted by Crippen LogP contribution is 2.21. The molecule has 0 saturated carbocycles. The molecule has 112 valence electrons. The first-order valence-electron chi connectivity index (χ1n) is 7.48. The van der Waals surface area contributed by atoms with Crippen molar-refractivity contribution in [3.05, 3.63) is 34.4 Å². The van der Waals surface area contributed by atoms with Crippen molar-refractivity contribution in [1.82, 2.24) is 15.3 Å². The van der Waals surface area contributed by atoms with Crippen LogP contribution in [0.2, 0.25) is 0 Å². The van der Waals surface area contributed by atoms with E-state index >= 15 is 0 Å². The van der Waals surface area contributed by atoms with Gasteiger partial charge in [0.1, 0.15) is 0 Å². The maximum Gasteiger partial charge on any atom is 0.0589 e. The Labute approximate surface area is 122 Å². The van der Waals surface area contributed by atoms with E-state index in [0.717, 1.165) is 26.2 Å². The summed E-state index contributed by atoms with van der Waals surface area (Å²) >= 11 is 0. The highest BCUT2D eigenvalue weighted by atomic mass is 15.5. The highest BCUT2D eigenvalue weighted by molar-refractivity contribution is 5.38. The van der Waals surface area contributed by atoms with Crippen LogP contribution in [0.1, 0.15) is 28.3 Å². The molecular formula is C16H28N4. The van der Waals surface area contributed by atoms with E-state index in [0.29, 0.717) is 6.54 Å². The minimum Gasteiger partial charge on any atom is -0.329 e. The normalized spacial score (nSPS) is 19.2. The molecule has 1 aliphatic heterocycles. The summed E-state index contributed by atoms with van der Waals surface area (Å²) in [6.07, 6.45) is 0. The molecule has 0 radical (unpaired) electrons.